The van der Waals surface area contributed by atoms with Crippen molar-refractivity contribution in [1.82, 2.24) is 9.97 Å². The van der Waals surface area contributed by atoms with Crippen LogP contribution in [0.5, 0.6) is 11.8 Å². The zero-order valence-electron chi connectivity index (χ0n) is 14.4. The van der Waals surface area contributed by atoms with Crippen LogP contribution >= 0.6 is 0 Å². The van der Waals surface area contributed by atoms with Crippen molar-refractivity contribution in [3.63, 3.8) is 0 Å². The van der Waals surface area contributed by atoms with Crippen LogP contribution in [0.3, 0.4) is 0 Å². The molecule has 0 aliphatic carbocycles. The fourth-order valence-corrected chi connectivity index (χ4v) is 2.41. The van der Waals surface area contributed by atoms with Gasteiger partial charge in [0, 0.05) is 11.1 Å². The molecule has 0 fully saturated rings. The fraction of sp³-hybridized carbons (Fsp3) is 0.143. The maximum absolute atomic E-state index is 5.58. The molecule has 3 aromatic rings. The summed E-state index contributed by atoms with van der Waals surface area (Å²) in [6, 6.07) is 18.3. The van der Waals surface area contributed by atoms with Gasteiger partial charge >= 0.3 is 6.01 Å². The third-order valence-corrected chi connectivity index (χ3v) is 3.77. The van der Waals surface area contributed by atoms with Crippen LogP contribution < -0.4 is 9.47 Å². The first-order chi connectivity index (χ1) is 12.2. The van der Waals surface area contributed by atoms with Gasteiger partial charge in [-0.25, -0.2) is 0 Å². The summed E-state index contributed by atoms with van der Waals surface area (Å²) in [5.41, 5.74) is 4.81. The molecule has 4 nitrogen and oxygen atoms in total. The Balaban J connectivity index is 2.05. The molecule has 25 heavy (non-hydrogen) atoms. The first-order valence-corrected chi connectivity index (χ1v) is 8.04. The third-order valence-electron chi connectivity index (χ3n) is 3.77. The van der Waals surface area contributed by atoms with Crippen LogP contribution in [0.4, 0.5) is 0 Å². The van der Waals surface area contributed by atoms with Gasteiger partial charge in [-0.05, 0) is 37.3 Å². The molecule has 2 aromatic carbocycles. The van der Waals surface area contributed by atoms with Gasteiger partial charge in [0.05, 0.1) is 18.5 Å². The summed E-state index contributed by atoms with van der Waals surface area (Å²) >= 11 is 0. The molecular weight excluding hydrogens is 312 g/mol. The van der Waals surface area contributed by atoms with Crippen molar-refractivity contribution in [3.05, 3.63) is 72.8 Å². The van der Waals surface area contributed by atoms with Crippen molar-refractivity contribution >= 4 is 0 Å². The third kappa shape index (κ3) is 4.04. The Morgan fingerprint density at radius 3 is 2.00 bits per heavy atom. The number of hydrogen-bond donors (Lipinski definition) is 0. The van der Waals surface area contributed by atoms with Crippen molar-refractivity contribution in [1.29, 1.82) is 0 Å². The van der Waals surface area contributed by atoms with E-state index in [0.717, 1.165) is 28.3 Å². The second kappa shape index (κ2) is 7.62. The first-order valence-electron chi connectivity index (χ1n) is 8.04. The smallest absolute Gasteiger partial charge is 0.317 e. The van der Waals surface area contributed by atoms with E-state index in [2.05, 4.69) is 35.6 Å². The standard InChI is InChI=1S/C21H20N2O2/c1-4-13-25-21-22-19(16-7-5-15(2)6-8-16)14-20(23-21)17-9-11-18(24-3)12-10-17/h4-12,14H,1,13H2,2-3H3. The van der Waals surface area contributed by atoms with E-state index in [-0.39, 0.29) is 0 Å². The molecule has 0 radical (unpaired) electrons. The highest BCUT2D eigenvalue weighted by molar-refractivity contribution is 5.68. The van der Waals surface area contributed by atoms with Gasteiger partial charge in [-0.15, -0.1) is 0 Å². The predicted octanol–water partition coefficient (Wildman–Crippen LogP) is 4.69. The predicted molar refractivity (Wildman–Crippen MR) is 99.9 cm³/mol. The van der Waals surface area contributed by atoms with Gasteiger partial charge in [0.25, 0.3) is 0 Å². The van der Waals surface area contributed by atoms with Gasteiger partial charge in [-0.3, -0.25) is 0 Å². The summed E-state index contributed by atoms with van der Waals surface area (Å²) in [7, 11) is 1.65. The first kappa shape index (κ1) is 16.7. The van der Waals surface area contributed by atoms with Crippen LogP contribution in [0.15, 0.2) is 67.3 Å². The van der Waals surface area contributed by atoms with E-state index in [4.69, 9.17) is 9.47 Å². The van der Waals surface area contributed by atoms with Crippen LogP contribution in [-0.2, 0) is 0 Å². The van der Waals surface area contributed by atoms with Gasteiger partial charge in [-0.1, -0.05) is 42.5 Å². The molecule has 0 saturated heterocycles. The molecule has 0 bridgehead atoms. The van der Waals surface area contributed by atoms with Gasteiger partial charge in [-0.2, -0.15) is 9.97 Å². The molecular formula is C21H20N2O2. The van der Waals surface area contributed by atoms with Gasteiger partial charge < -0.3 is 9.47 Å². The van der Waals surface area contributed by atoms with Crippen LogP contribution in [0.25, 0.3) is 22.5 Å². The van der Waals surface area contributed by atoms with Gasteiger partial charge in [0.15, 0.2) is 0 Å². The lowest BCUT2D eigenvalue weighted by atomic mass is 10.1. The summed E-state index contributed by atoms with van der Waals surface area (Å²) < 4.78 is 10.8. The van der Waals surface area contributed by atoms with E-state index in [1.165, 1.54) is 5.56 Å². The van der Waals surface area contributed by atoms with E-state index in [1.807, 2.05) is 42.5 Å². The number of hydrogen-bond acceptors (Lipinski definition) is 4. The van der Waals surface area contributed by atoms with E-state index < -0.39 is 0 Å². The van der Waals surface area contributed by atoms with E-state index in [9.17, 15) is 0 Å². The minimum atomic E-state index is 0.337. The molecule has 126 valence electrons. The molecule has 0 saturated carbocycles. The Morgan fingerprint density at radius 1 is 0.920 bits per heavy atom. The summed E-state index contributed by atoms with van der Waals surface area (Å²) in [6.07, 6.45) is 1.68. The Morgan fingerprint density at radius 2 is 1.48 bits per heavy atom. The average Bonchev–Trinajstić information content (AvgIpc) is 2.67. The topological polar surface area (TPSA) is 44.2 Å². The van der Waals surface area contributed by atoms with Crippen molar-refractivity contribution in [3.8, 4) is 34.3 Å². The zero-order valence-corrected chi connectivity index (χ0v) is 14.4. The molecule has 0 amide bonds. The van der Waals surface area contributed by atoms with Crippen molar-refractivity contribution in [2.45, 2.75) is 6.92 Å². The summed E-state index contributed by atoms with van der Waals surface area (Å²) in [6.45, 7) is 6.09. The molecule has 0 aliphatic heterocycles. The van der Waals surface area contributed by atoms with Crippen LogP contribution in [0.1, 0.15) is 5.56 Å². The number of methoxy groups -OCH3 is 1. The van der Waals surface area contributed by atoms with E-state index in [1.54, 1.807) is 13.2 Å². The Labute approximate surface area is 147 Å². The summed E-state index contributed by atoms with van der Waals surface area (Å²) in [5.74, 6) is 0.805. The molecule has 4 heteroatoms. The molecule has 1 heterocycles. The normalized spacial score (nSPS) is 10.3. The maximum atomic E-state index is 5.58. The number of rotatable bonds is 6. The monoisotopic (exact) mass is 332 g/mol. The molecule has 0 spiro atoms. The van der Waals surface area contributed by atoms with Crippen LogP contribution in [-0.4, -0.2) is 23.7 Å². The van der Waals surface area contributed by atoms with Crippen molar-refractivity contribution < 1.29 is 9.47 Å². The Bertz CT molecular complexity index is 856. The lowest BCUT2D eigenvalue weighted by molar-refractivity contribution is 0.334. The second-order valence-electron chi connectivity index (χ2n) is 5.62. The lowest BCUT2D eigenvalue weighted by Gasteiger charge is -2.09. The SMILES string of the molecule is C=CCOc1nc(-c2ccc(C)cc2)cc(-c2ccc(OC)cc2)n1. The van der Waals surface area contributed by atoms with Gasteiger partial charge in [0.2, 0.25) is 0 Å². The van der Waals surface area contributed by atoms with E-state index >= 15 is 0 Å². The summed E-state index contributed by atoms with van der Waals surface area (Å²) in [4.78, 5) is 9.04. The number of ether oxygens (including phenoxy) is 2. The average molecular weight is 332 g/mol. The maximum Gasteiger partial charge on any atom is 0.317 e. The van der Waals surface area contributed by atoms with Crippen LogP contribution in [0.2, 0.25) is 0 Å². The van der Waals surface area contributed by atoms with Gasteiger partial charge in [0.1, 0.15) is 12.4 Å². The molecule has 0 N–H and O–H groups in total. The molecule has 0 aliphatic rings. The van der Waals surface area contributed by atoms with Crippen LogP contribution in [0, 0.1) is 6.92 Å². The van der Waals surface area contributed by atoms with Crippen molar-refractivity contribution in [2.24, 2.45) is 0 Å². The highest BCUT2D eigenvalue weighted by Crippen LogP contribution is 2.27. The number of aryl methyl sites for hydroxylation is 1. The zero-order chi connectivity index (χ0) is 17.6. The number of benzene rings is 2. The van der Waals surface area contributed by atoms with E-state index in [0.29, 0.717) is 12.6 Å². The molecule has 0 unspecified atom stereocenters. The number of nitrogens with zero attached hydrogens (tertiary/aromatic N) is 2. The Hall–Kier alpha value is -3.14. The highest BCUT2D eigenvalue weighted by Gasteiger charge is 2.10. The molecule has 3 rings (SSSR count). The summed E-state index contributed by atoms with van der Waals surface area (Å²) in [5, 5.41) is 0. The minimum absolute atomic E-state index is 0.337. The fourth-order valence-electron chi connectivity index (χ4n) is 2.41. The highest BCUT2D eigenvalue weighted by atomic mass is 16.5. The minimum Gasteiger partial charge on any atom is -0.497 e. The number of aromatic nitrogens is 2. The second-order valence-corrected chi connectivity index (χ2v) is 5.62. The largest absolute Gasteiger partial charge is 0.497 e. The van der Waals surface area contributed by atoms with Crippen molar-refractivity contribution in [2.75, 3.05) is 13.7 Å². The lowest BCUT2D eigenvalue weighted by Crippen LogP contribution is -2.01. The molecule has 0 atom stereocenters. The molecule has 1 aromatic heterocycles. The Kier molecular flexibility index (Phi) is 5.09. The quantitative estimate of drug-likeness (QED) is 0.614.